The van der Waals surface area contributed by atoms with Gasteiger partial charge in [0.1, 0.15) is 5.75 Å². The van der Waals surface area contributed by atoms with E-state index in [0.717, 1.165) is 51.6 Å². The summed E-state index contributed by atoms with van der Waals surface area (Å²) >= 11 is 0. The van der Waals surface area contributed by atoms with Crippen molar-refractivity contribution in [3.05, 3.63) is 29.3 Å². The second-order valence-electron chi connectivity index (χ2n) is 5.84. The zero-order valence-electron chi connectivity index (χ0n) is 13.0. The average Bonchev–Trinajstić information content (AvgIpc) is 2.46. The Hall–Kier alpha value is -1.06. The number of rotatable bonds is 6. The maximum Gasteiger partial charge on any atom is 0.122 e. The minimum absolute atomic E-state index is 0.547. The molecule has 1 aliphatic rings. The van der Waals surface area contributed by atoms with Gasteiger partial charge < -0.3 is 9.47 Å². The first-order chi connectivity index (χ1) is 9.66. The Morgan fingerprint density at radius 3 is 2.70 bits per heavy atom. The Balaban J connectivity index is 1.77. The van der Waals surface area contributed by atoms with Crippen LogP contribution >= 0.6 is 0 Å². The van der Waals surface area contributed by atoms with Crippen molar-refractivity contribution in [2.24, 2.45) is 0 Å². The van der Waals surface area contributed by atoms with E-state index in [1.807, 2.05) is 0 Å². The number of benzene rings is 1. The highest BCUT2D eigenvalue weighted by molar-refractivity contribution is 5.37. The van der Waals surface area contributed by atoms with E-state index in [2.05, 4.69) is 43.9 Å². The molecule has 0 unspecified atom stereocenters. The molecule has 3 heteroatoms. The van der Waals surface area contributed by atoms with E-state index in [1.165, 1.54) is 11.1 Å². The number of nitrogens with zero attached hydrogens (tertiary/aromatic N) is 1. The van der Waals surface area contributed by atoms with E-state index >= 15 is 0 Å². The second kappa shape index (κ2) is 7.65. The molecule has 1 saturated heterocycles. The van der Waals surface area contributed by atoms with Crippen molar-refractivity contribution in [2.75, 3.05) is 39.5 Å². The van der Waals surface area contributed by atoms with E-state index in [0.29, 0.717) is 5.92 Å². The number of morpholine rings is 1. The zero-order chi connectivity index (χ0) is 14.4. The van der Waals surface area contributed by atoms with Gasteiger partial charge >= 0.3 is 0 Å². The highest BCUT2D eigenvalue weighted by atomic mass is 16.5. The molecule has 112 valence electrons. The lowest BCUT2D eigenvalue weighted by molar-refractivity contribution is 0.0358. The molecule has 0 aromatic heterocycles. The Kier molecular flexibility index (Phi) is 5.86. The first-order valence-corrected chi connectivity index (χ1v) is 7.70. The van der Waals surface area contributed by atoms with E-state index in [4.69, 9.17) is 9.47 Å². The van der Waals surface area contributed by atoms with Gasteiger partial charge in [0.15, 0.2) is 0 Å². The topological polar surface area (TPSA) is 21.7 Å². The van der Waals surface area contributed by atoms with E-state index < -0.39 is 0 Å². The van der Waals surface area contributed by atoms with Crippen LogP contribution in [0.15, 0.2) is 18.2 Å². The summed E-state index contributed by atoms with van der Waals surface area (Å²) in [6.07, 6.45) is 1.07. The first-order valence-electron chi connectivity index (χ1n) is 7.70. The predicted octanol–water partition coefficient (Wildman–Crippen LogP) is 3.22. The van der Waals surface area contributed by atoms with Crippen molar-refractivity contribution in [2.45, 2.75) is 33.1 Å². The molecule has 1 aromatic rings. The third-order valence-corrected chi connectivity index (χ3v) is 3.86. The number of ether oxygens (including phenoxy) is 2. The maximum atomic E-state index is 5.96. The number of hydrogen-bond acceptors (Lipinski definition) is 3. The molecule has 1 fully saturated rings. The monoisotopic (exact) mass is 277 g/mol. The summed E-state index contributed by atoms with van der Waals surface area (Å²) in [6, 6.07) is 6.54. The molecule has 0 radical (unpaired) electrons. The van der Waals surface area contributed by atoms with Crippen LogP contribution in [0.1, 0.15) is 37.3 Å². The van der Waals surface area contributed by atoms with Crippen LogP contribution < -0.4 is 4.74 Å². The molecular formula is C17H27NO2. The summed E-state index contributed by atoms with van der Waals surface area (Å²) in [5.74, 6) is 1.59. The summed E-state index contributed by atoms with van der Waals surface area (Å²) in [5, 5.41) is 0. The van der Waals surface area contributed by atoms with Gasteiger partial charge in [0.2, 0.25) is 0 Å². The molecule has 0 spiro atoms. The molecule has 0 atom stereocenters. The smallest absolute Gasteiger partial charge is 0.122 e. The second-order valence-corrected chi connectivity index (χ2v) is 5.84. The fourth-order valence-corrected chi connectivity index (χ4v) is 2.43. The van der Waals surface area contributed by atoms with Gasteiger partial charge in [0, 0.05) is 19.6 Å². The fraction of sp³-hybridized carbons (Fsp3) is 0.647. The Bertz CT molecular complexity index is 411. The highest BCUT2D eigenvalue weighted by Crippen LogP contribution is 2.24. The van der Waals surface area contributed by atoms with E-state index in [1.54, 1.807) is 0 Å². The van der Waals surface area contributed by atoms with Crippen molar-refractivity contribution in [1.82, 2.24) is 4.90 Å². The third kappa shape index (κ3) is 4.50. The van der Waals surface area contributed by atoms with Crippen LogP contribution in [0.5, 0.6) is 5.75 Å². The quantitative estimate of drug-likeness (QED) is 0.745. The summed E-state index contributed by atoms with van der Waals surface area (Å²) in [4.78, 5) is 2.45. The molecule has 1 aliphatic heterocycles. The standard InChI is InChI=1S/C17H27NO2/c1-14(2)16-6-5-15(3)17(13-16)20-10-4-7-18-8-11-19-12-9-18/h5-6,13-14H,4,7-12H2,1-3H3. The van der Waals surface area contributed by atoms with Crippen molar-refractivity contribution < 1.29 is 9.47 Å². The van der Waals surface area contributed by atoms with Crippen LogP contribution in [-0.4, -0.2) is 44.4 Å². The van der Waals surface area contributed by atoms with Gasteiger partial charge in [-0.15, -0.1) is 0 Å². The van der Waals surface area contributed by atoms with Crippen LogP contribution in [0.4, 0.5) is 0 Å². The third-order valence-electron chi connectivity index (χ3n) is 3.86. The van der Waals surface area contributed by atoms with Crippen LogP contribution in [0.3, 0.4) is 0 Å². The molecule has 0 aliphatic carbocycles. The summed E-state index contributed by atoms with van der Waals surface area (Å²) in [7, 11) is 0. The van der Waals surface area contributed by atoms with Gasteiger partial charge in [-0.25, -0.2) is 0 Å². The lowest BCUT2D eigenvalue weighted by Gasteiger charge is -2.26. The van der Waals surface area contributed by atoms with Gasteiger partial charge in [0.05, 0.1) is 19.8 Å². The summed E-state index contributed by atoms with van der Waals surface area (Å²) < 4.78 is 11.3. The molecule has 0 bridgehead atoms. The largest absolute Gasteiger partial charge is 0.493 e. The minimum atomic E-state index is 0.547. The normalized spacial score (nSPS) is 16.6. The molecule has 0 amide bonds. The van der Waals surface area contributed by atoms with Gasteiger partial charge in [-0.05, 0) is 36.5 Å². The summed E-state index contributed by atoms with van der Waals surface area (Å²) in [5.41, 5.74) is 2.57. The average molecular weight is 277 g/mol. The van der Waals surface area contributed by atoms with Gasteiger partial charge in [-0.1, -0.05) is 26.0 Å². The van der Waals surface area contributed by atoms with E-state index in [9.17, 15) is 0 Å². The van der Waals surface area contributed by atoms with Gasteiger partial charge in [-0.2, -0.15) is 0 Å². The van der Waals surface area contributed by atoms with Crippen LogP contribution in [-0.2, 0) is 4.74 Å². The SMILES string of the molecule is Cc1ccc(C(C)C)cc1OCCCN1CCOCC1. The molecule has 0 N–H and O–H groups in total. The number of hydrogen-bond donors (Lipinski definition) is 0. The van der Waals surface area contributed by atoms with E-state index in [-0.39, 0.29) is 0 Å². The zero-order valence-corrected chi connectivity index (χ0v) is 13.0. The van der Waals surface area contributed by atoms with Crippen molar-refractivity contribution in [3.8, 4) is 5.75 Å². The fourth-order valence-electron chi connectivity index (χ4n) is 2.43. The molecule has 1 aromatic carbocycles. The Morgan fingerprint density at radius 2 is 2.00 bits per heavy atom. The molecule has 1 heterocycles. The highest BCUT2D eigenvalue weighted by Gasteiger charge is 2.10. The number of aryl methyl sites for hydroxylation is 1. The van der Waals surface area contributed by atoms with Crippen LogP contribution in [0, 0.1) is 6.92 Å². The van der Waals surface area contributed by atoms with Crippen molar-refractivity contribution in [1.29, 1.82) is 0 Å². The molecular weight excluding hydrogens is 250 g/mol. The maximum absolute atomic E-state index is 5.96. The lowest BCUT2D eigenvalue weighted by atomic mass is 10.0. The first kappa shape index (κ1) is 15.3. The summed E-state index contributed by atoms with van der Waals surface area (Å²) in [6.45, 7) is 12.3. The minimum Gasteiger partial charge on any atom is -0.493 e. The molecule has 3 nitrogen and oxygen atoms in total. The van der Waals surface area contributed by atoms with Crippen molar-refractivity contribution >= 4 is 0 Å². The molecule has 20 heavy (non-hydrogen) atoms. The lowest BCUT2D eigenvalue weighted by Crippen LogP contribution is -2.37. The van der Waals surface area contributed by atoms with Gasteiger partial charge in [0.25, 0.3) is 0 Å². The predicted molar refractivity (Wildman–Crippen MR) is 82.6 cm³/mol. The Morgan fingerprint density at radius 1 is 1.25 bits per heavy atom. The molecule has 2 rings (SSSR count). The van der Waals surface area contributed by atoms with Crippen molar-refractivity contribution in [3.63, 3.8) is 0 Å². The van der Waals surface area contributed by atoms with Gasteiger partial charge in [-0.3, -0.25) is 4.90 Å². The Labute approximate surface area is 122 Å². The molecule has 0 saturated carbocycles. The van der Waals surface area contributed by atoms with Crippen LogP contribution in [0.2, 0.25) is 0 Å². The van der Waals surface area contributed by atoms with Crippen LogP contribution in [0.25, 0.3) is 0 Å².